The lowest BCUT2D eigenvalue weighted by molar-refractivity contribution is -0.301. The molecule has 0 amide bonds. The van der Waals surface area contributed by atoms with Gasteiger partial charge in [-0.3, -0.25) is 9.35 Å². The maximum absolute atomic E-state index is 12.8. The van der Waals surface area contributed by atoms with E-state index in [2.05, 4.69) is 90.9 Å². The van der Waals surface area contributed by atoms with E-state index in [9.17, 15) is 33.1 Å². The highest BCUT2D eigenvalue weighted by Crippen LogP contribution is 2.26. The topological polar surface area (TPSA) is 178 Å². The highest BCUT2D eigenvalue weighted by Gasteiger charge is 2.48. The van der Waals surface area contributed by atoms with E-state index in [1.54, 1.807) is 0 Å². The van der Waals surface area contributed by atoms with Crippen LogP contribution in [0.25, 0.3) is 0 Å². The SMILES string of the molecule is CC/C=C\C/C=C\C/C=C\C/C=C\C/C=C\C/C=C\CCC(=O)OC(COCCCCCCCCCC/C=C\CCCCCCCC)COC1OC(CO)C(O)C(OS(=O)(=O)O)C1O. The lowest BCUT2D eigenvalue weighted by atomic mass is 9.99. The number of ether oxygens (including phenoxy) is 4. The van der Waals surface area contributed by atoms with Crippen LogP contribution in [-0.4, -0.2) is 97.5 Å². The van der Waals surface area contributed by atoms with E-state index >= 15 is 0 Å². The summed E-state index contributed by atoms with van der Waals surface area (Å²) in [5, 5.41) is 30.7. The van der Waals surface area contributed by atoms with E-state index in [0.717, 1.165) is 57.8 Å². The van der Waals surface area contributed by atoms with Crippen LogP contribution < -0.4 is 0 Å². The van der Waals surface area contributed by atoms with Gasteiger partial charge in [-0.15, -0.1) is 0 Å². The van der Waals surface area contributed by atoms with Gasteiger partial charge < -0.3 is 34.3 Å². The quantitative estimate of drug-likeness (QED) is 0.0198. The number of hydrogen-bond donors (Lipinski definition) is 4. The Morgan fingerprint density at radius 2 is 1.08 bits per heavy atom. The first-order valence-electron chi connectivity index (χ1n) is 24.3. The Balaban J connectivity index is 2.46. The van der Waals surface area contributed by atoms with Crippen molar-refractivity contribution >= 4 is 16.4 Å². The lowest BCUT2D eigenvalue weighted by Gasteiger charge is -2.41. The average molecular weight is 923 g/mol. The molecule has 0 aromatic carbocycles. The molecule has 0 spiro atoms. The zero-order chi connectivity index (χ0) is 46.8. The van der Waals surface area contributed by atoms with Gasteiger partial charge in [-0.2, -0.15) is 8.42 Å². The van der Waals surface area contributed by atoms with Crippen LogP contribution in [0.4, 0.5) is 0 Å². The standard InChI is InChI=1S/C51H86O12S/c1-3-5-7-9-11-13-15-17-19-21-23-24-26-28-30-32-34-36-38-40-47(53)61-45(44-60-51-49(55)50(63-64(56,57)58)48(54)46(42-52)62-51)43-59-41-39-37-35-33-31-29-27-25-22-20-18-16-14-12-10-8-6-4-2/h5,7,11,13,17-20,23-24,28,30,34,36,45-46,48-52,54-55H,3-4,6,8-10,12,14-16,21-22,25-27,29,31-33,35,37-44H2,1-2H3,(H,56,57,58)/b7-5-,13-11-,19-17-,20-18-,24-23-,30-28-,36-34-. The van der Waals surface area contributed by atoms with Gasteiger partial charge >= 0.3 is 16.4 Å². The third-order valence-electron chi connectivity index (χ3n) is 10.5. The van der Waals surface area contributed by atoms with Crippen molar-refractivity contribution in [2.24, 2.45) is 0 Å². The number of esters is 1. The zero-order valence-electron chi connectivity index (χ0n) is 39.3. The molecule has 1 saturated heterocycles. The van der Waals surface area contributed by atoms with Crippen LogP contribution in [0.2, 0.25) is 0 Å². The van der Waals surface area contributed by atoms with Crippen LogP contribution in [-0.2, 0) is 38.3 Å². The molecule has 0 aliphatic carbocycles. The molecule has 0 radical (unpaired) electrons. The van der Waals surface area contributed by atoms with Crippen molar-refractivity contribution in [3.8, 4) is 0 Å². The number of unbranched alkanes of at least 4 members (excludes halogenated alkanes) is 14. The number of allylic oxidation sites excluding steroid dienone is 14. The summed E-state index contributed by atoms with van der Waals surface area (Å²) in [6.07, 6.45) is 46.3. The number of hydrogen-bond acceptors (Lipinski definition) is 11. The number of aliphatic hydroxyl groups excluding tert-OH is 3. The molecule has 12 nitrogen and oxygen atoms in total. The van der Waals surface area contributed by atoms with Gasteiger partial charge in [0.25, 0.3) is 0 Å². The van der Waals surface area contributed by atoms with Crippen molar-refractivity contribution in [2.45, 2.75) is 205 Å². The Labute approximate surface area is 387 Å². The molecule has 1 fully saturated rings. The van der Waals surface area contributed by atoms with Gasteiger partial charge in [0.05, 0.1) is 19.8 Å². The van der Waals surface area contributed by atoms with Gasteiger partial charge in [-0.05, 0) is 77.0 Å². The molecule has 4 N–H and O–H groups in total. The molecule has 0 bridgehead atoms. The summed E-state index contributed by atoms with van der Waals surface area (Å²) in [4.78, 5) is 12.8. The normalized spacial score (nSPS) is 20.5. The Morgan fingerprint density at radius 3 is 1.58 bits per heavy atom. The van der Waals surface area contributed by atoms with Crippen molar-refractivity contribution in [1.29, 1.82) is 0 Å². The maximum Gasteiger partial charge on any atom is 0.397 e. The summed E-state index contributed by atoms with van der Waals surface area (Å²) >= 11 is 0. The second kappa shape index (κ2) is 41.7. The van der Waals surface area contributed by atoms with E-state index in [-0.39, 0.29) is 19.6 Å². The predicted octanol–water partition coefficient (Wildman–Crippen LogP) is 10.9. The molecule has 1 rings (SSSR count). The number of rotatable bonds is 41. The van der Waals surface area contributed by atoms with Gasteiger partial charge in [0, 0.05) is 13.0 Å². The molecule has 13 heteroatoms. The van der Waals surface area contributed by atoms with Gasteiger partial charge in [0.1, 0.15) is 30.5 Å². The number of carbonyl (C=O) groups is 1. The third-order valence-corrected chi connectivity index (χ3v) is 11.0. The Hall–Kier alpha value is -2.72. The largest absolute Gasteiger partial charge is 0.457 e. The van der Waals surface area contributed by atoms with Crippen LogP contribution in [0, 0.1) is 0 Å². The molecular formula is C51H86O12S. The van der Waals surface area contributed by atoms with Crippen LogP contribution in [0.15, 0.2) is 85.1 Å². The van der Waals surface area contributed by atoms with Crippen LogP contribution >= 0.6 is 0 Å². The molecule has 64 heavy (non-hydrogen) atoms. The van der Waals surface area contributed by atoms with Crippen molar-refractivity contribution in [2.75, 3.05) is 26.4 Å². The van der Waals surface area contributed by atoms with E-state index in [0.29, 0.717) is 13.0 Å². The number of carbonyl (C=O) groups excluding carboxylic acids is 1. The molecule has 0 aromatic rings. The van der Waals surface area contributed by atoms with E-state index in [1.807, 2.05) is 12.2 Å². The first kappa shape index (κ1) is 59.3. The molecule has 1 heterocycles. The number of aliphatic hydroxyl groups is 3. The summed E-state index contributed by atoms with van der Waals surface area (Å²) < 4.78 is 59.1. The minimum Gasteiger partial charge on any atom is -0.457 e. The van der Waals surface area contributed by atoms with Gasteiger partial charge in [0.2, 0.25) is 0 Å². The van der Waals surface area contributed by atoms with Crippen LogP contribution in [0.1, 0.15) is 168 Å². The summed E-state index contributed by atoms with van der Waals surface area (Å²) in [6, 6.07) is 0. The summed E-state index contributed by atoms with van der Waals surface area (Å²) in [5.74, 6) is -0.484. The van der Waals surface area contributed by atoms with Crippen molar-refractivity contribution in [3.63, 3.8) is 0 Å². The molecule has 368 valence electrons. The molecule has 6 atom stereocenters. The molecule has 0 aromatic heterocycles. The van der Waals surface area contributed by atoms with Gasteiger partial charge in [-0.25, -0.2) is 4.18 Å². The molecule has 1 aliphatic rings. The first-order chi connectivity index (χ1) is 31.1. The molecular weight excluding hydrogens is 837 g/mol. The monoisotopic (exact) mass is 923 g/mol. The van der Waals surface area contributed by atoms with Gasteiger partial charge in [0.15, 0.2) is 6.29 Å². The van der Waals surface area contributed by atoms with E-state index in [4.69, 9.17) is 18.9 Å². The third kappa shape index (κ3) is 34.6. The molecule has 0 saturated carbocycles. The smallest absolute Gasteiger partial charge is 0.397 e. The lowest BCUT2D eigenvalue weighted by Crippen LogP contribution is -2.60. The summed E-state index contributed by atoms with van der Waals surface area (Å²) in [5.41, 5.74) is 0. The van der Waals surface area contributed by atoms with E-state index < -0.39 is 59.8 Å². The second-order valence-electron chi connectivity index (χ2n) is 16.3. The van der Waals surface area contributed by atoms with Crippen LogP contribution in [0.3, 0.4) is 0 Å². The Bertz CT molecular complexity index is 1440. The van der Waals surface area contributed by atoms with E-state index in [1.165, 1.54) is 83.5 Å². The average Bonchev–Trinajstić information content (AvgIpc) is 3.27. The fourth-order valence-electron chi connectivity index (χ4n) is 6.87. The fraction of sp³-hybridized carbons (Fsp3) is 0.706. The minimum atomic E-state index is -5.08. The summed E-state index contributed by atoms with van der Waals surface area (Å²) in [6.45, 7) is 3.76. The highest BCUT2D eigenvalue weighted by molar-refractivity contribution is 7.80. The van der Waals surface area contributed by atoms with Crippen molar-refractivity contribution < 1.29 is 56.2 Å². The van der Waals surface area contributed by atoms with Crippen molar-refractivity contribution in [1.82, 2.24) is 0 Å². The predicted molar refractivity (Wildman–Crippen MR) is 257 cm³/mol. The van der Waals surface area contributed by atoms with Gasteiger partial charge in [-0.1, -0.05) is 170 Å². The first-order valence-corrected chi connectivity index (χ1v) is 25.7. The highest BCUT2D eigenvalue weighted by atomic mass is 32.3. The van der Waals surface area contributed by atoms with Crippen LogP contribution in [0.5, 0.6) is 0 Å². The fourth-order valence-corrected chi connectivity index (χ4v) is 7.38. The zero-order valence-corrected chi connectivity index (χ0v) is 40.1. The molecule has 1 aliphatic heterocycles. The maximum atomic E-state index is 12.8. The summed E-state index contributed by atoms with van der Waals surface area (Å²) in [7, 11) is -5.08. The molecule has 6 unspecified atom stereocenters. The second-order valence-corrected chi connectivity index (χ2v) is 17.4. The Kier molecular flexibility index (Phi) is 38.6. The minimum absolute atomic E-state index is 0.00112. The Morgan fingerprint density at radius 1 is 0.609 bits per heavy atom. The van der Waals surface area contributed by atoms with Crippen molar-refractivity contribution in [3.05, 3.63) is 85.1 Å².